The summed E-state index contributed by atoms with van der Waals surface area (Å²) in [6.07, 6.45) is 6.44. The molecule has 3 heteroatoms. The Balaban J connectivity index is 1.40. The molecule has 4 unspecified atom stereocenters. The van der Waals surface area contributed by atoms with E-state index in [4.69, 9.17) is 4.74 Å². The first-order valence-corrected chi connectivity index (χ1v) is 11.2. The molecule has 0 aromatic heterocycles. The molecule has 0 N–H and O–H groups in total. The van der Waals surface area contributed by atoms with Gasteiger partial charge in [0, 0.05) is 12.0 Å². The zero-order valence-corrected chi connectivity index (χ0v) is 17.7. The van der Waals surface area contributed by atoms with Crippen LogP contribution in [0.1, 0.15) is 44.6 Å². The van der Waals surface area contributed by atoms with Crippen LogP contribution in [0.25, 0.3) is 11.1 Å². The van der Waals surface area contributed by atoms with Gasteiger partial charge in [0.2, 0.25) is 0 Å². The maximum atomic E-state index is 12.8. The molecule has 0 spiro atoms. The molecule has 4 atom stereocenters. The lowest BCUT2D eigenvalue weighted by atomic mass is 9.96. The molecule has 0 aliphatic heterocycles. The quantitative estimate of drug-likeness (QED) is 0.569. The van der Waals surface area contributed by atoms with Gasteiger partial charge in [-0.3, -0.25) is 4.79 Å². The lowest BCUT2D eigenvalue weighted by Crippen LogP contribution is -2.38. The number of rotatable bonds is 8. The van der Waals surface area contributed by atoms with Crippen LogP contribution >= 0.6 is 0 Å². The van der Waals surface area contributed by atoms with Gasteiger partial charge in [-0.1, -0.05) is 67.9 Å². The number of nitrogens with zero attached hydrogens (tertiary/aromatic N) is 1. The van der Waals surface area contributed by atoms with Gasteiger partial charge in [-0.15, -0.1) is 0 Å². The largest absolute Gasteiger partial charge is 0.462 e. The number of carbonyl (C=O) groups is 1. The lowest BCUT2D eigenvalue weighted by Gasteiger charge is -2.29. The Morgan fingerprint density at radius 2 is 1.83 bits per heavy atom. The third kappa shape index (κ3) is 4.40. The van der Waals surface area contributed by atoms with E-state index >= 15 is 0 Å². The molecule has 2 aromatic rings. The van der Waals surface area contributed by atoms with Crippen molar-refractivity contribution in [3.63, 3.8) is 0 Å². The SMILES string of the molecule is CCCCN(C)C1C2CCC1C(OC(=O)Cc1ccccc1-c1ccccc1)C2. The van der Waals surface area contributed by atoms with Crippen LogP contribution in [0.3, 0.4) is 0 Å². The van der Waals surface area contributed by atoms with Crippen molar-refractivity contribution in [1.82, 2.24) is 4.90 Å². The molecule has 2 saturated carbocycles. The summed E-state index contributed by atoms with van der Waals surface area (Å²) in [6, 6.07) is 19.0. The van der Waals surface area contributed by atoms with Gasteiger partial charge in [-0.25, -0.2) is 0 Å². The van der Waals surface area contributed by atoms with Crippen molar-refractivity contribution < 1.29 is 9.53 Å². The van der Waals surface area contributed by atoms with E-state index in [1.165, 1.54) is 25.7 Å². The van der Waals surface area contributed by atoms with Crippen molar-refractivity contribution in [3.05, 3.63) is 60.2 Å². The van der Waals surface area contributed by atoms with Gasteiger partial charge in [0.1, 0.15) is 6.10 Å². The van der Waals surface area contributed by atoms with Crippen molar-refractivity contribution in [2.24, 2.45) is 11.8 Å². The Labute approximate surface area is 175 Å². The standard InChI is InChI=1S/C26H33NO2/c1-3-4-16-27(2)26-21-14-15-23(26)24(17-21)29-25(28)18-20-12-8-9-13-22(20)19-10-6-5-7-11-19/h5-13,21,23-24,26H,3-4,14-18H2,1-2H3. The molecule has 0 amide bonds. The van der Waals surface area contributed by atoms with Crippen LogP contribution in [0.2, 0.25) is 0 Å². The van der Waals surface area contributed by atoms with Gasteiger partial charge in [-0.05, 0) is 61.9 Å². The molecule has 0 heterocycles. The number of unbranched alkanes of at least 4 members (excludes halogenated alkanes) is 1. The van der Waals surface area contributed by atoms with Crippen LogP contribution in [0, 0.1) is 11.8 Å². The molecule has 2 aliphatic rings. The maximum absolute atomic E-state index is 12.8. The van der Waals surface area contributed by atoms with Crippen molar-refractivity contribution >= 4 is 5.97 Å². The highest BCUT2D eigenvalue weighted by molar-refractivity contribution is 5.78. The first kappa shape index (κ1) is 20.2. The molecule has 0 saturated heterocycles. The van der Waals surface area contributed by atoms with E-state index in [1.54, 1.807) is 0 Å². The average Bonchev–Trinajstić information content (AvgIpc) is 3.31. The first-order chi connectivity index (χ1) is 14.2. The van der Waals surface area contributed by atoms with E-state index in [0.29, 0.717) is 24.3 Å². The Morgan fingerprint density at radius 3 is 2.62 bits per heavy atom. The van der Waals surface area contributed by atoms with Crippen molar-refractivity contribution in [3.8, 4) is 11.1 Å². The van der Waals surface area contributed by atoms with Gasteiger partial charge in [0.15, 0.2) is 0 Å². The van der Waals surface area contributed by atoms with Gasteiger partial charge < -0.3 is 9.64 Å². The fourth-order valence-corrected chi connectivity index (χ4v) is 5.55. The molecular weight excluding hydrogens is 358 g/mol. The van der Waals surface area contributed by atoms with Crippen LogP contribution in [0.4, 0.5) is 0 Å². The van der Waals surface area contributed by atoms with E-state index < -0.39 is 0 Å². The topological polar surface area (TPSA) is 29.5 Å². The first-order valence-electron chi connectivity index (χ1n) is 11.2. The maximum Gasteiger partial charge on any atom is 0.310 e. The average molecular weight is 392 g/mol. The number of benzene rings is 2. The fraction of sp³-hybridized carbons (Fsp3) is 0.500. The second kappa shape index (κ2) is 9.13. The van der Waals surface area contributed by atoms with Gasteiger partial charge in [-0.2, -0.15) is 0 Å². The van der Waals surface area contributed by atoms with Crippen LogP contribution in [-0.4, -0.2) is 36.6 Å². The Kier molecular flexibility index (Phi) is 6.34. The monoisotopic (exact) mass is 391 g/mol. The zero-order valence-electron chi connectivity index (χ0n) is 17.7. The van der Waals surface area contributed by atoms with Crippen LogP contribution in [0.15, 0.2) is 54.6 Å². The van der Waals surface area contributed by atoms with E-state index in [-0.39, 0.29) is 12.1 Å². The fourth-order valence-electron chi connectivity index (χ4n) is 5.55. The Hall–Kier alpha value is -2.13. The van der Waals surface area contributed by atoms with Gasteiger partial charge in [0.25, 0.3) is 0 Å². The van der Waals surface area contributed by atoms with Gasteiger partial charge in [0.05, 0.1) is 6.42 Å². The molecule has 29 heavy (non-hydrogen) atoms. The highest BCUT2D eigenvalue weighted by Gasteiger charge is 2.51. The second-order valence-corrected chi connectivity index (χ2v) is 8.79. The summed E-state index contributed by atoms with van der Waals surface area (Å²) in [5.41, 5.74) is 3.31. The number of hydrogen-bond acceptors (Lipinski definition) is 3. The smallest absolute Gasteiger partial charge is 0.310 e. The van der Waals surface area contributed by atoms with E-state index in [1.807, 2.05) is 36.4 Å². The van der Waals surface area contributed by atoms with Crippen molar-refractivity contribution in [2.75, 3.05) is 13.6 Å². The zero-order chi connectivity index (χ0) is 20.2. The summed E-state index contributed by atoms with van der Waals surface area (Å²) in [7, 11) is 2.26. The van der Waals surface area contributed by atoms with Crippen LogP contribution in [0.5, 0.6) is 0 Å². The molecule has 2 fully saturated rings. The summed E-state index contributed by atoms with van der Waals surface area (Å²) in [5.74, 6) is 1.12. The number of fused-ring (bicyclic) bond motifs is 2. The summed E-state index contributed by atoms with van der Waals surface area (Å²) < 4.78 is 6.06. The number of hydrogen-bond donors (Lipinski definition) is 0. The predicted octanol–water partition coefficient (Wildman–Crippen LogP) is 5.34. The van der Waals surface area contributed by atoms with E-state index in [0.717, 1.165) is 29.7 Å². The van der Waals surface area contributed by atoms with Crippen molar-refractivity contribution in [1.29, 1.82) is 0 Å². The summed E-state index contributed by atoms with van der Waals surface area (Å²) in [4.78, 5) is 15.4. The highest BCUT2D eigenvalue weighted by atomic mass is 16.5. The lowest BCUT2D eigenvalue weighted by molar-refractivity contribution is -0.151. The number of esters is 1. The molecule has 2 aliphatic carbocycles. The highest BCUT2D eigenvalue weighted by Crippen LogP contribution is 2.48. The third-order valence-electron chi connectivity index (χ3n) is 6.90. The molecule has 154 valence electrons. The normalized spacial score (nSPS) is 25.5. The Morgan fingerprint density at radius 1 is 1.07 bits per heavy atom. The summed E-state index contributed by atoms with van der Waals surface area (Å²) in [6.45, 7) is 3.40. The van der Waals surface area contributed by atoms with E-state index in [2.05, 4.69) is 37.1 Å². The molecular formula is C26H33NO2. The molecule has 3 nitrogen and oxygen atoms in total. The van der Waals surface area contributed by atoms with Gasteiger partial charge >= 0.3 is 5.97 Å². The molecule has 0 radical (unpaired) electrons. The molecule has 2 aromatic carbocycles. The molecule has 2 bridgehead atoms. The van der Waals surface area contributed by atoms with Crippen LogP contribution in [-0.2, 0) is 16.0 Å². The van der Waals surface area contributed by atoms with E-state index in [9.17, 15) is 4.79 Å². The predicted molar refractivity (Wildman–Crippen MR) is 118 cm³/mol. The van der Waals surface area contributed by atoms with Crippen LogP contribution < -0.4 is 0 Å². The number of carbonyl (C=O) groups excluding carboxylic acids is 1. The minimum absolute atomic E-state index is 0.0825. The summed E-state index contributed by atoms with van der Waals surface area (Å²) >= 11 is 0. The number of ether oxygens (including phenoxy) is 1. The minimum Gasteiger partial charge on any atom is -0.462 e. The minimum atomic E-state index is -0.0825. The summed E-state index contributed by atoms with van der Waals surface area (Å²) in [5, 5.41) is 0. The second-order valence-electron chi connectivity index (χ2n) is 8.79. The molecule has 4 rings (SSSR count). The Bertz CT molecular complexity index is 818. The third-order valence-corrected chi connectivity index (χ3v) is 6.90. The van der Waals surface area contributed by atoms with Crippen molar-refractivity contribution in [2.45, 2.75) is 57.6 Å².